The van der Waals surface area contributed by atoms with Gasteiger partial charge in [0.25, 0.3) is 0 Å². The number of rotatable bonds is 6. The van der Waals surface area contributed by atoms with Gasteiger partial charge in [0.05, 0.1) is 13.2 Å². The van der Waals surface area contributed by atoms with Gasteiger partial charge in [-0.3, -0.25) is 0 Å². The number of phenolic OH excluding ortho intramolecular Hbond substituents is 1. The van der Waals surface area contributed by atoms with E-state index >= 15 is 0 Å². The van der Waals surface area contributed by atoms with Crippen molar-refractivity contribution in [2.24, 2.45) is 5.11 Å². The maximum atomic E-state index is 9.42. The number of benzene rings is 4. The van der Waals surface area contributed by atoms with Crippen LogP contribution in [0.3, 0.4) is 0 Å². The third-order valence-electron chi connectivity index (χ3n) is 6.83. The van der Waals surface area contributed by atoms with Gasteiger partial charge in [-0.15, -0.1) is 0 Å². The van der Waals surface area contributed by atoms with Gasteiger partial charge in [-0.05, 0) is 89.9 Å². The van der Waals surface area contributed by atoms with Gasteiger partial charge in [0.15, 0.2) is 0 Å². The molecule has 198 valence electrons. The first-order chi connectivity index (χ1) is 19.2. The van der Waals surface area contributed by atoms with Gasteiger partial charge >= 0.3 is 0 Å². The monoisotopic (exact) mass is 521 g/mol. The normalized spacial score (nSPS) is 17.0. The number of hydrogen-bond acceptors (Lipinski definition) is 5. The van der Waals surface area contributed by atoms with Crippen molar-refractivity contribution < 1.29 is 19.3 Å². The van der Waals surface area contributed by atoms with Crippen molar-refractivity contribution >= 4 is 0 Å². The number of azide groups is 1. The van der Waals surface area contributed by atoms with E-state index in [4.69, 9.17) is 19.7 Å². The Hall–Kier alpha value is -4.61. The smallest absolute Gasteiger partial charge is 0.124 e. The van der Waals surface area contributed by atoms with Crippen molar-refractivity contribution in [3.05, 3.63) is 130 Å². The molecular weight excluding hydrogens is 490 g/mol. The Morgan fingerprint density at radius 3 is 1.92 bits per heavy atom. The van der Waals surface area contributed by atoms with E-state index in [0.29, 0.717) is 18.9 Å². The van der Waals surface area contributed by atoms with E-state index in [1.54, 1.807) is 12.1 Å². The summed E-state index contributed by atoms with van der Waals surface area (Å²) in [6.07, 6.45) is 4.07. The van der Waals surface area contributed by atoms with Gasteiger partial charge in [-0.1, -0.05) is 65.8 Å². The zero-order valence-electron chi connectivity index (χ0n) is 21.6. The number of fused-ring (bicyclic) bond motifs is 2. The van der Waals surface area contributed by atoms with Crippen LogP contribution in [0.5, 0.6) is 23.0 Å². The molecule has 0 aliphatic carbocycles. The van der Waals surface area contributed by atoms with Gasteiger partial charge in [0.2, 0.25) is 0 Å². The molecule has 0 radical (unpaired) electrons. The molecule has 1 N–H and O–H groups in total. The summed E-state index contributed by atoms with van der Waals surface area (Å²) in [5.74, 6) is 2.91. The molecule has 0 aromatic heterocycles. The first-order valence-corrected chi connectivity index (χ1v) is 13.2. The van der Waals surface area contributed by atoms with Crippen LogP contribution < -0.4 is 14.2 Å². The molecule has 4 aromatic rings. The highest BCUT2D eigenvalue weighted by atomic mass is 16.5. The molecule has 0 bridgehead atoms. The molecule has 7 nitrogen and oxygen atoms in total. The van der Waals surface area contributed by atoms with Gasteiger partial charge in [-0.25, -0.2) is 0 Å². The third kappa shape index (κ3) is 6.83. The van der Waals surface area contributed by atoms with E-state index in [9.17, 15) is 5.11 Å². The Morgan fingerprint density at radius 2 is 1.33 bits per heavy atom. The van der Waals surface area contributed by atoms with Gasteiger partial charge in [-0.2, -0.15) is 0 Å². The summed E-state index contributed by atoms with van der Waals surface area (Å²) in [7, 11) is 0. The quantitative estimate of drug-likeness (QED) is 0.121. The molecule has 2 heterocycles. The van der Waals surface area contributed by atoms with Crippen molar-refractivity contribution in [1.29, 1.82) is 0 Å². The second kappa shape index (κ2) is 12.8. The fourth-order valence-corrected chi connectivity index (χ4v) is 4.88. The van der Waals surface area contributed by atoms with Crippen LogP contribution in [0.25, 0.3) is 10.4 Å². The zero-order chi connectivity index (χ0) is 26.9. The molecule has 2 aliphatic heterocycles. The molecule has 0 spiro atoms. The molecule has 0 fully saturated rings. The lowest BCUT2D eigenvalue weighted by atomic mass is 9.97. The van der Waals surface area contributed by atoms with Crippen LogP contribution in [0.1, 0.15) is 47.3 Å². The van der Waals surface area contributed by atoms with E-state index in [0.717, 1.165) is 54.1 Å². The highest BCUT2D eigenvalue weighted by molar-refractivity contribution is 5.43. The fourth-order valence-electron chi connectivity index (χ4n) is 4.88. The molecule has 2 atom stereocenters. The first kappa shape index (κ1) is 26.0. The van der Waals surface area contributed by atoms with Crippen LogP contribution in [-0.4, -0.2) is 18.3 Å². The van der Waals surface area contributed by atoms with E-state index < -0.39 is 0 Å². The number of phenols is 1. The van der Waals surface area contributed by atoms with Gasteiger partial charge < -0.3 is 19.3 Å². The third-order valence-corrected chi connectivity index (χ3v) is 6.83. The molecule has 2 unspecified atom stereocenters. The van der Waals surface area contributed by atoms with Crippen LogP contribution in [0.4, 0.5) is 0 Å². The molecule has 0 amide bonds. The van der Waals surface area contributed by atoms with E-state index in [1.165, 1.54) is 11.1 Å². The average molecular weight is 522 g/mol. The van der Waals surface area contributed by atoms with Gasteiger partial charge in [0, 0.05) is 4.91 Å². The Kier molecular flexibility index (Phi) is 8.51. The second-order valence-corrected chi connectivity index (χ2v) is 9.48. The summed E-state index contributed by atoms with van der Waals surface area (Å²) in [6, 6.07) is 31.7. The van der Waals surface area contributed by atoms with Crippen LogP contribution in [-0.2, 0) is 12.8 Å². The summed E-state index contributed by atoms with van der Waals surface area (Å²) in [5, 5.41) is 12.9. The minimum absolute atomic E-state index is 0.116. The number of aromatic hydroxyl groups is 1. The highest BCUT2D eigenvalue weighted by Crippen LogP contribution is 2.37. The van der Waals surface area contributed by atoms with Gasteiger partial charge in [0.1, 0.15) is 35.2 Å². The standard InChI is InChI=1S/C17H17N3O2.C15H14O2/c18-20-19-10-11-21-15-7-9-17-14(12-15)6-8-16(22-17)13-4-2-1-3-5-13;16-13-7-9-15-12(10-13)6-8-14(17-15)11-4-2-1-3-5-11/h1-5,7,9,12,16H,6,8,10-11H2;1-5,7,9-10,14,16H,6,8H2. The van der Waals surface area contributed by atoms with Crippen LogP contribution in [0.2, 0.25) is 0 Å². The summed E-state index contributed by atoms with van der Waals surface area (Å²) in [4.78, 5) is 2.70. The predicted molar refractivity (Wildman–Crippen MR) is 150 cm³/mol. The van der Waals surface area contributed by atoms with E-state index in [2.05, 4.69) is 34.3 Å². The number of aryl methyl sites for hydroxylation is 2. The van der Waals surface area contributed by atoms with Crippen LogP contribution in [0.15, 0.2) is 102 Å². The topological polar surface area (TPSA) is 96.7 Å². The first-order valence-electron chi connectivity index (χ1n) is 13.2. The number of hydrogen-bond donors (Lipinski definition) is 1. The molecule has 0 saturated carbocycles. The predicted octanol–water partition coefficient (Wildman–Crippen LogP) is 7.90. The highest BCUT2D eigenvalue weighted by Gasteiger charge is 2.22. The lowest BCUT2D eigenvalue weighted by molar-refractivity contribution is 0.176. The molecule has 0 saturated heterocycles. The van der Waals surface area contributed by atoms with Crippen LogP contribution >= 0.6 is 0 Å². The van der Waals surface area contributed by atoms with Crippen molar-refractivity contribution in [1.82, 2.24) is 0 Å². The number of nitrogens with zero attached hydrogens (tertiary/aromatic N) is 3. The summed E-state index contributed by atoms with van der Waals surface area (Å²) < 4.78 is 17.6. The lowest BCUT2D eigenvalue weighted by Gasteiger charge is -2.26. The fraction of sp³-hybridized carbons (Fsp3) is 0.250. The molecule has 2 aliphatic rings. The molecule has 4 aromatic carbocycles. The van der Waals surface area contributed by atoms with Crippen molar-refractivity contribution in [2.75, 3.05) is 13.2 Å². The van der Waals surface area contributed by atoms with Crippen molar-refractivity contribution in [2.45, 2.75) is 37.9 Å². The Labute approximate surface area is 228 Å². The lowest BCUT2D eigenvalue weighted by Crippen LogP contribution is -2.15. The Bertz CT molecular complexity index is 1420. The minimum Gasteiger partial charge on any atom is -0.508 e. The Balaban J connectivity index is 0.000000163. The molecular formula is C32H31N3O4. The second-order valence-electron chi connectivity index (χ2n) is 9.48. The van der Waals surface area contributed by atoms with Crippen LogP contribution in [0, 0.1) is 0 Å². The van der Waals surface area contributed by atoms with Crippen molar-refractivity contribution in [3.63, 3.8) is 0 Å². The SMILES string of the molecule is Oc1ccc2c(c1)CCC(c1ccccc1)O2.[N-]=[N+]=NCCOc1ccc2c(c1)CCC(c1ccccc1)O2. The maximum absolute atomic E-state index is 9.42. The maximum Gasteiger partial charge on any atom is 0.124 e. The zero-order valence-corrected chi connectivity index (χ0v) is 21.6. The molecule has 39 heavy (non-hydrogen) atoms. The van der Waals surface area contributed by atoms with Crippen molar-refractivity contribution in [3.8, 4) is 23.0 Å². The molecule has 7 heteroatoms. The largest absolute Gasteiger partial charge is 0.508 e. The molecule has 6 rings (SSSR count). The Morgan fingerprint density at radius 1 is 0.769 bits per heavy atom. The van der Waals surface area contributed by atoms with E-state index in [1.807, 2.05) is 60.7 Å². The van der Waals surface area contributed by atoms with E-state index in [-0.39, 0.29) is 12.2 Å². The summed E-state index contributed by atoms with van der Waals surface area (Å²) in [6.45, 7) is 0.719. The summed E-state index contributed by atoms with van der Waals surface area (Å²) in [5.41, 5.74) is 12.9. The minimum atomic E-state index is 0.116. The average Bonchev–Trinajstić information content (AvgIpc) is 3.00. The summed E-state index contributed by atoms with van der Waals surface area (Å²) >= 11 is 0. The number of ether oxygens (including phenoxy) is 3.